The highest BCUT2D eigenvalue weighted by molar-refractivity contribution is 5.78. The van der Waals surface area contributed by atoms with Crippen molar-refractivity contribution in [3.05, 3.63) is 18.7 Å². The van der Waals surface area contributed by atoms with Crippen LogP contribution in [-0.2, 0) is 4.79 Å². The molecule has 0 aromatic carbocycles. The molecular formula is C18H26N6O2. The zero-order valence-electron chi connectivity index (χ0n) is 15.0. The summed E-state index contributed by atoms with van der Waals surface area (Å²) in [5, 5.41) is 9.96. The lowest BCUT2D eigenvalue weighted by Gasteiger charge is -2.26. The van der Waals surface area contributed by atoms with Gasteiger partial charge in [0.1, 0.15) is 17.1 Å². The average Bonchev–Trinajstić information content (AvgIpc) is 3.29. The molecule has 140 valence electrons. The van der Waals surface area contributed by atoms with E-state index in [-0.39, 0.29) is 5.92 Å². The zero-order chi connectivity index (χ0) is 18.3. The van der Waals surface area contributed by atoms with Crippen molar-refractivity contribution in [1.29, 1.82) is 0 Å². The van der Waals surface area contributed by atoms with Crippen LogP contribution in [0.1, 0.15) is 12.8 Å². The molecule has 0 unspecified atom stereocenters. The Morgan fingerprint density at radius 3 is 2.73 bits per heavy atom. The molecule has 0 spiro atoms. The molecule has 4 heterocycles. The SMILES string of the molecule is C=CCN1C[C@@H]2CN(c3cc(N)nc(N4CCCC4)n3)C[C@]2(C(=O)O)C1. The van der Waals surface area contributed by atoms with E-state index in [0.29, 0.717) is 31.4 Å². The second-order valence-corrected chi connectivity index (χ2v) is 7.67. The molecule has 3 fully saturated rings. The molecular weight excluding hydrogens is 332 g/mol. The van der Waals surface area contributed by atoms with Gasteiger partial charge in [0.2, 0.25) is 5.95 Å². The molecule has 0 aliphatic carbocycles. The first-order valence-corrected chi connectivity index (χ1v) is 9.23. The van der Waals surface area contributed by atoms with Crippen LogP contribution in [-0.4, -0.2) is 71.8 Å². The van der Waals surface area contributed by atoms with Crippen molar-refractivity contribution in [2.75, 3.05) is 61.3 Å². The minimum atomic E-state index is -0.753. The molecule has 3 aliphatic rings. The molecule has 3 saturated heterocycles. The van der Waals surface area contributed by atoms with Crippen LogP contribution >= 0.6 is 0 Å². The summed E-state index contributed by atoms with van der Waals surface area (Å²) in [6, 6.07) is 1.76. The quantitative estimate of drug-likeness (QED) is 0.741. The van der Waals surface area contributed by atoms with E-state index in [4.69, 9.17) is 10.7 Å². The van der Waals surface area contributed by atoms with Gasteiger partial charge in [0, 0.05) is 57.8 Å². The number of fused-ring (bicyclic) bond motifs is 1. The van der Waals surface area contributed by atoms with E-state index in [2.05, 4.69) is 26.3 Å². The Bertz CT molecular complexity index is 720. The van der Waals surface area contributed by atoms with Gasteiger partial charge in [-0.3, -0.25) is 9.69 Å². The fourth-order valence-electron chi connectivity index (χ4n) is 4.63. The zero-order valence-corrected chi connectivity index (χ0v) is 15.0. The van der Waals surface area contributed by atoms with Crippen LogP contribution in [0.25, 0.3) is 0 Å². The summed E-state index contributed by atoms with van der Waals surface area (Å²) in [6.45, 7) is 8.84. The van der Waals surface area contributed by atoms with E-state index in [0.717, 1.165) is 44.8 Å². The maximum atomic E-state index is 12.1. The lowest BCUT2D eigenvalue weighted by atomic mass is 9.81. The Kier molecular flexibility index (Phi) is 4.22. The fourth-order valence-corrected chi connectivity index (χ4v) is 4.63. The van der Waals surface area contributed by atoms with Gasteiger partial charge in [-0.2, -0.15) is 9.97 Å². The highest BCUT2D eigenvalue weighted by Crippen LogP contribution is 2.44. The van der Waals surface area contributed by atoms with E-state index in [1.54, 1.807) is 6.07 Å². The minimum absolute atomic E-state index is 0.0753. The number of hydrogen-bond acceptors (Lipinski definition) is 7. The third-order valence-corrected chi connectivity index (χ3v) is 5.93. The predicted octanol–water partition coefficient (Wildman–Crippen LogP) is 0.668. The molecule has 0 amide bonds. The maximum absolute atomic E-state index is 12.1. The standard InChI is InChI=1S/C18H26N6O2/c1-2-5-22-9-13-10-24(12-18(13,11-22)16(25)26)15-8-14(19)20-17(21-15)23-6-3-4-7-23/h2,8,13H,1,3-7,9-12H2,(H,25,26)(H2,19,20,21)/t13-,18-/m1/s1. The second-order valence-electron chi connectivity index (χ2n) is 7.67. The molecule has 0 bridgehead atoms. The van der Waals surface area contributed by atoms with E-state index < -0.39 is 11.4 Å². The second kappa shape index (κ2) is 6.42. The smallest absolute Gasteiger partial charge is 0.313 e. The Balaban J connectivity index is 1.59. The molecule has 1 aromatic heterocycles. The number of nitrogen functional groups attached to an aromatic ring is 1. The molecule has 0 radical (unpaired) electrons. The molecule has 8 nitrogen and oxygen atoms in total. The number of rotatable bonds is 5. The Morgan fingerprint density at radius 2 is 2.08 bits per heavy atom. The molecule has 4 rings (SSSR count). The van der Waals surface area contributed by atoms with Crippen molar-refractivity contribution >= 4 is 23.6 Å². The molecule has 3 aliphatic heterocycles. The maximum Gasteiger partial charge on any atom is 0.313 e. The van der Waals surface area contributed by atoms with Gasteiger partial charge in [-0.1, -0.05) is 6.08 Å². The van der Waals surface area contributed by atoms with E-state index in [1.807, 2.05) is 6.08 Å². The van der Waals surface area contributed by atoms with Crippen molar-refractivity contribution in [1.82, 2.24) is 14.9 Å². The summed E-state index contributed by atoms with van der Waals surface area (Å²) in [5.41, 5.74) is 5.27. The van der Waals surface area contributed by atoms with Gasteiger partial charge >= 0.3 is 5.97 Å². The van der Waals surface area contributed by atoms with Crippen molar-refractivity contribution in [2.24, 2.45) is 11.3 Å². The third-order valence-electron chi connectivity index (χ3n) is 5.93. The van der Waals surface area contributed by atoms with Gasteiger partial charge in [-0.15, -0.1) is 6.58 Å². The van der Waals surface area contributed by atoms with E-state index in [1.165, 1.54) is 0 Å². The number of carboxylic acid groups (broad SMARTS) is 1. The summed E-state index contributed by atoms with van der Waals surface area (Å²) >= 11 is 0. The van der Waals surface area contributed by atoms with Crippen LogP contribution in [0.4, 0.5) is 17.6 Å². The average molecular weight is 358 g/mol. The molecule has 8 heteroatoms. The minimum Gasteiger partial charge on any atom is -0.481 e. The van der Waals surface area contributed by atoms with Gasteiger partial charge in [-0.25, -0.2) is 0 Å². The van der Waals surface area contributed by atoms with Crippen LogP contribution in [0.2, 0.25) is 0 Å². The first-order chi connectivity index (χ1) is 12.5. The number of nitrogens with zero attached hydrogens (tertiary/aromatic N) is 5. The van der Waals surface area contributed by atoms with E-state index in [9.17, 15) is 9.90 Å². The number of nitrogens with two attached hydrogens (primary N) is 1. The molecule has 3 N–H and O–H groups in total. The van der Waals surface area contributed by atoms with Gasteiger partial charge in [0.25, 0.3) is 0 Å². The lowest BCUT2D eigenvalue weighted by Crippen LogP contribution is -2.41. The predicted molar refractivity (Wildman–Crippen MR) is 100 cm³/mol. The van der Waals surface area contributed by atoms with Gasteiger partial charge < -0.3 is 20.6 Å². The monoisotopic (exact) mass is 358 g/mol. The summed E-state index contributed by atoms with van der Waals surface area (Å²) in [5.74, 6) is 1.19. The summed E-state index contributed by atoms with van der Waals surface area (Å²) in [4.78, 5) is 27.6. The molecule has 26 heavy (non-hydrogen) atoms. The fraction of sp³-hybridized carbons (Fsp3) is 0.611. The van der Waals surface area contributed by atoms with Crippen LogP contribution in [0.15, 0.2) is 18.7 Å². The third kappa shape index (κ3) is 2.78. The molecule has 1 aromatic rings. The molecule has 2 atom stereocenters. The largest absolute Gasteiger partial charge is 0.481 e. The van der Waals surface area contributed by atoms with Gasteiger partial charge in [-0.05, 0) is 12.8 Å². The first-order valence-electron chi connectivity index (χ1n) is 9.23. The summed E-state index contributed by atoms with van der Waals surface area (Å²) < 4.78 is 0. The number of likely N-dealkylation sites (tertiary alicyclic amines) is 1. The summed E-state index contributed by atoms with van der Waals surface area (Å²) in [6.07, 6.45) is 4.11. The number of aliphatic carboxylic acids is 1. The summed E-state index contributed by atoms with van der Waals surface area (Å²) in [7, 11) is 0. The number of carbonyl (C=O) groups is 1. The number of aromatic nitrogens is 2. The normalized spacial score (nSPS) is 28.5. The van der Waals surface area contributed by atoms with Gasteiger partial charge in [0.15, 0.2) is 0 Å². The van der Waals surface area contributed by atoms with Crippen molar-refractivity contribution in [2.45, 2.75) is 12.8 Å². The Morgan fingerprint density at radius 1 is 1.31 bits per heavy atom. The highest BCUT2D eigenvalue weighted by Gasteiger charge is 2.57. The van der Waals surface area contributed by atoms with Crippen molar-refractivity contribution < 1.29 is 9.90 Å². The van der Waals surface area contributed by atoms with Crippen molar-refractivity contribution in [3.63, 3.8) is 0 Å². The number of hydrogen-bond donors (Lipinski definition) is 2. The van der Waals surface area contributed by atoms with Crippen molar-refractivity contribution in [3.8, 4) is 0 Å². The first kappa shape index (κ1) is 17.1. The topological polar surface area (TPSA) is 98.8 Å². The van der Waals surface area contributed by atoms with E-state index >= 15 is 0 Å². The highest BCUT2D eigenvalue weighted by atomic mass is 16.4. The molecule has 0 saturated carbocycles. The Labute approximate surface area is 153 Å². The van der Waals surface area contributed by atoms with Crippen LogP contribution < -0.4 is 15.5 Å². The number of anilines is 3. The Hall–Kier alpha value is -2.35. The van der Waals surface area contributed by atoms with Crippen LogP contribution in [0.3, 0.4) is 0 Å². The van der Waals surface area contributed by atoms with Gasteiger partial charge in [0.05, 0.1) is 0 Å². The lowest BCUT2D eigenvalue weighted by molar-refractivity contribution is -0.148. The number of carboxylic acids is 1. The van der Waals surface area contributed by atoms with Crippen LogP contribution in [0, 0.1) is 11.3 Å². The van der Waals surface area contributed by atoms with Crippen LogP contribution in [0.5, 0.6) is 0 Å².